The molecular weight excluding hydrogens is 362 g/mol. The summed E-state index contributed by atoms with van der Waals surface area (Å²) < 4.78 is 5.47. The number of piperazine rings is 1. The predicted molar refractivity (Wildman–Crippen MR) is 106 cm³/mol. The molecule has 0 atom stereocenters. The second-order valence-corrected chi connectivity index (χ2v) is 7.34. The molecule has 6 nitrogen and oxygen atoms in total. The molecule has 1 aromatic heterocycles. The van der Waals surface area contributed by atoms with Gasteiger partial charge in [0.05, 0.1) is 18.0 Å². The first kappa shape index (κ1) is 19.4. The molecule has 1 aliphatic heterocycles. The van der Waals surface area contributed by atoms with Crippen LogP contribution >= 0.6 is 11.3 Å². The summed E-state index contributed by atoms with van der Waals surface area (Å²) in [5, 5.41) is 4.55. The van der Waals surface area contributed by atoms with Crippen LogP contribution in [0.2, 0.25) is 0 Å². The summed E-state index contributed by atoms with van der Waals surface area (Å²) in [6.07, 6.45) is 0. The lowest BCUT2D eigenvalue weighted by Crippen LogP contribution is -2.50. The molecule has 7 heteroatoms. The minimum absolute atomic E-state index is 0.0272. The first-order valence-electron chi connectivity index (χ1n) is 9.19. The van der Waals surface area contributed by atoms with E-state index in [0.29, 0.717) is 24.6 Å². The van der Waals surface area contributed by atoms with Crippen LogP contribution in [0.4, 0.5) is 0 Å². The van der Waals surface area contributed by atoms with Gasteiger partial charge in [0.1, 0.15) is 5.75 Å². The van der Waals surface area contributed by atoms with Crippen LogP contribution in [0.5, 0.6) is 5.75 Å². The van der Waals surface area contributed by atoms with Crippen molar-refractivity contribution < 1.29 is 14.3 Å². The normalized spacial score (nSPS) is 14.8. The van der Waals surface area contributed by atoms with Crippen molar-refractivity contribution >= 4 is 23.2 Å². The van der Waals surface area contributed by atoms with Crippen molar-refractivity contribution in [2.24, 2.45) is 0 Å². The molecule has 0 saturated carbocycles. The van der Waals surface area contributed by atoms with Gasteiger partial charge < -0.3 is 15.0 Å². The largest absolute Gasteiger partial charge is 0.494 e. The number of rotatable bonds is 7. The molecule has 0 aliphatic carbocycles. The van der Waals surface area contributed by atoms with E-state index in [1.54, 1.807) is 6.07 Å². The Balaban J connectivity index is 1.40. The maximum absolute atomic E-state index is 12.3. The molecule has 2 amide bonds. The molecule has 0 radical (unpaired) electrons. The fraction of sp³-hybridized carbons (Fsp3) is 0.400. The molecule has 0 spiro atoms. The van der Waals surface area contributed by atoms with Crippen LogP contribution in [0.1, 0.15) is 22.2 Å². The van der Waals surface area contributed by atoms with Gasteiger partial charge in [0.15, 0.2) is 0 Å². The number of hydrogen-bond donors (Lipinski definition) is 1. The van der Waals surface area contributed by atoms with E-state index < -0.39 is 0 Å². The monoisotopic (exact) mass is 387 g/mol. The van der Waals surface area contributed by atoms with Crippen LogP contribution in [-0.2, 0) is 11.3 Å². The molecule has 144 valence electrons. The van der Waals surface area contributed by atoms with Crippen LogP contribution in [0.15, 0.2) is 41.8 Å². The summed E-state index contributed by atoms with van der Waals surface area (Å²) >= 11 is 1.37. The average Bonchev–Trinajstić information content (AvgIpc) is 3.23. The van der Waals surface area contributed by atoms with Gasteiger partial charge in [0.25, 0.3) is 5.91 Å². The van der Waals surface area contributed by atoms with Crippen LogP contribution in [-0.4, -0.2) is 60.9 Å². The van der Waals surface area contributed by atoms with E-state index in [1.165, 1.54) is 16.9 Å². The van der Waals surface area contributed by atoms with E-state index >= 15 is 0 Å². The number of nitrogens with one attached hydrogen (secondary N) is 1. The zero-order chi connectivity index (χ0) is 19.1. The Morgan fingerprint density at radius 1 is 1.11 bits per heavy atom. The summed E-state index contributed by atoms with van der Waals surface area (Å²) in [5.41, 5.74) is 1.24. The number of amides is 2. The maximum atomic E-state index is 12.3. The first-order valence-corrected chi connectivity index (χ1v) is 10.1. The van der Waals surface area contributed by atoms with E-state index in [4.69, 9.17) is 4.74 Å². The minimum atomic E-state index is -0.188. The Hall–Kier alpha value is -2.38. The summed E-state index contributed by atoms with van der Waals surface area (Å²) in [5.74, 6) is 0.675. The molecule has 2 heterocycles. The number of benzene rings is 1. The zero-order valence-corrected chi connectivity index (χ0v) is 16.3. The van der Waals surface area contributed by atoms with Crippen molar-refractivity contribution in [2.75, 3.05) is 39.3 Å². The lowest BCUT2D eigenvalue weighted by molar-refractivity contribution is -0.131. The van der Waals surface area contributed by atoms with Crippen molar-refractivity contribution in [3.05, 3.63) is 52.2 Å². The van der Waals surface area contributed by atoms with Crippen molar-refractivity contribution in [1.29, 1.82) is 0 Å². The molecule has 1 N–H and O–H groups in total. The number of hydrogen-bond acceptors (Lipinski definition) is 5. The quantitative estimate of drug-likeness (QED) is 0.791. The number of nitrogens with zero attached hydrogens (tertiary/aromatic N) is 2. The highest BCUT2D eigenvalue weighted by molar-refractivity contribution is 7.12. The fourth-order valence-corrected chi connectivity index (χ4v) is 3.67. The molecule has 1 fully saturated rings. The Kier molecular flexibility index (Phi) is 6.84. The molecular formula is C20H25N3O3S. The van der Waals surface area contributed by atoms with E-state index in [9.17, 15) is 9.59 Å². The minimum Gasteiger partial charge on any atom is -0.494 e. The van der Waals surface area contributed by atoms with Crippen molar-refractivity contribution in [2.45, 2.75) is 13.5 Å². The molecule has 1 aliphatic rings. The van der Waals surface area contributed by atoms with Crippen molar-refractivity contribution in [3.63, 3.8) is 0 Å². The molecule has 2 aromatic rings. The van der Waals surface area contributed by atoms with Gasteiger partial charge in [-0.25, -0.2) is 0 Å². The van der Waals surface area contributed by atoms with Crippen molar-refractivity contribution in [3.8, 4) is 5.75 Å². The van der Waals surface area contributed by atoms with Crippen LogP contribution in [0, 0.1) is 0 Å². The maximum Gasteiger partial charge on any atom is 0.261 e. The summed E-state index contributed by atoms with van der Waals surface area (Å²) in [7, 11) is 0. The van der Waals surface area contributed by atoms with Gasteiger partial charge in [0.2, 0.25) is 5.91 Å². The Morgan fingerprint density at radius 2 is 1.85 bits per heavy atom. The highest BCUT2D eigenvalue weighted by Gasteiger charge is 2.21. The fourth-order valence-electron chi connectivity index (χ4n) is 3.03. The van der Waals surface area contributed by atoms with E-state index in [-0.39, 0.29) is 18.4 Å². The Labute approximate surface area is 163 Å². The molecule has 3 rings (SSSR count). The van der Waals surface area contributed by atoms with E-state index in [0.717, 1.165) is 25.4 Å². The average molecular weight is 388 g/mol. The lowest BCUT2D eigenvalue weighted by Gasteiger charge is -2.34. The number of carbonyl (C=O) groups is 2. The number of ether oxygens (including phenoxy) is 1. The van der Waals surface area contributed by atoms with Crippen molar-refractivity contribution in [1.82, 2.24) is 15.1 Å². The van der Waals surface area contributed by atoms with Gasteiger partial charge in [-0.15, -0.1) is 11.3 Å². The third-order valence-corrected chi connectivity index (χ3v) is 5.38. The predicted octanol–water partition coefficient (Wildman–Crippen LogP) is 2.22. The molecule has 0 bridgehead atoms. The van der Waals surface area contributed by atoms with Crippen LogP contribution in [0.25, 0.3) is 0 Å². The number of thiophene rings is 1. The summed E-state index contributed by atoms with van der Waals surface area (Å²) in [6, 6.07) is 11.7. The van der Waals surface area contributed by atoms with Crippen LogP contribution in [0.3, 0.4) is 0 Å². The van der Waals surface area contributed by atoms with Gasteiger partial charge in [-0.2, -0.15) is 0 Å². The lowest BCUT2D eigenvalue weighted by atomic mass is 10.2. The SMILES string of the molecule is CCOc1ccc(CN2CCN(C(=O)CNC(=O)c3cccs3)CC2)cc1. The third kappa shape index (κ3) is 5.55. The van der Waals surface area contributed by atoms with E-state index in [1.807, 2.05) is 35.4 Å². The zero-order valence-electron chi connectivity index (χ0n) is 15.5. The third-order valence-electron chi connectivity index (χ3n) is 4.51. The Morgan fingerprint density at radius 3 is 2.48 bits per heavy atom. The smallest absolute Gasteiger partial charge is 0.261 e. The van der Waals surface area contributed by atoms with Gasteiger partial charge in [-0.1, -0.05) is 18.2 Å². The van der Waals surface area contributed by atoms with Gasteiger partial charge in [-0.05, 0) is 36.1 Å². The molecule has 27 heavy (non-hydrogen) atoms. The Bertz CT molecular complexity index is 738. The van der Waals surface area contributed by atoms with Gasteiger partial charge in [-0.3, -0.25) is 14.5 Å². The summed E-state index contributed by atoms with van der Waals surface area (Å²) in [4.78, 5) is 29.0. The highest BCUT2D eigenvalue weighted by atomic mass is 32.1. The molecule has 1 saturated heterocycles. The highest BCUT2D eigenvalue weighted by Crippen LogP contribution is 2.15. The van der Waals surface area contributed by atoms with Gasteiger partial charge in [0, 0.05) is 32.7 Å². The first-order chi connectivity index (χ1) is 13.2. The molecule has 0 unspecified atom stereocenters. The molecule has 1 aromatic carbocycles. The van der Waals surface area contributed by atoms with Crippen LogP contribution < -0.4 is 10.1 Å². The second-order valence-electron chi connectivity index (χ2n) is 6.39. The van der Waals surface area contributed by atoms with E-state index in [2.05, 4.69) is 22.3 Å². The second kappa shape index (κ2) is 9.53. The summed E-state index contributed by atoms with van der Waals surface area (Å²) in [6.45, 7) is 6.59. The standard InChI is InChI=1S/C20H25N3O3S/c1-2-26-17-7-5-16(6-8-17)15-22-9-11-23(12-10-22)19(24)14-21-20(25)18-4-3-13-27-18/h3-8,13H,2,9-12,14-15H2,1H3,(H,21,25). The number of carbonyl (C=O) groups excluding carboxylic acids is 2. The topological polar surface area (TPSA) is 61.9 Å². The van der Waals surface area contributed by atoms with Gasteiger partial charge >= 0.3 is 0 Å².